The fourth-order valence-electron chi connectivity index (χ4n) is 4.95. The van der Waals surface area contributed by atoms with Gasteiger partial charge in [-0.05, 0) is 42.7 Å². The number of hydrogen-bond donors (Lipinski definition) is 2. The third-order valence-electron chi connectivity index (χ3n) is 7.12. The van der Waals surface area contributed by atoms with Crippen LogP contribution < -0.4 is 10.6 Å². The van der Waals surface area contributed by atoms with E-state index in [1.807, 2.05) is 36.4 Å². The van der Waals surface area contributed by atoms with Crippen LogP contribution in [0, 0.1) is 5.92 Å². The largest absolute Gasteiger partial charge is 0.444 e. The Hall–Kier alpha value is -3.80. The van der Waals surface area contributed by atoms with E-state index in [1.165, 1.54) is 35.5 Å². The summed E-state index contributed by atoms with van der Waals surface area (Å²) in [5.74, 6) is 0.617. The van der Waals surface area contributed by atoms with Crippen LogP contribution >= 0.6 is 22.7 Å². The van der Waals surface area contributed by atoms with E-state index in [9.17, 15) is 9.59 Å². The summed E-state index contributed by atoms with van der Waals surface area (Å²) >= 11 is 2.91. The molecule has 2 heterocycles. The number of thiazole rings is 2. The third-order valence-corrected chi connectivity index (χ3v) is 8.63. The fourth-order valence-corrected chi connectivity index (χ4v) is 5.96. The highest BCUT2D eigenvalue weighted by molar-refractivity contribution is 7.09. The highest BCUT2D eigenvalue weighted by atomic mass is 32.1. The van der Waals surface area contributed by atoms with E-state index in [0.717, 1.165) is 27.4 Å². The summed E-state index contributed by atoms with van der Waals surface area (Å²) in [6.45, 7) is 2.50. The first-order valence-corrected chi connectivity index (χ1v) is 16.3. The Labute approximate surface area is 260 Å². The lowest BCUT2D eigenvalue weighted by Crippen LogP contribution is -2.51. The molecular weight excluding hydrogens is 583 g/mol. The number of alkyl carbamates (subject to hydrolysis) is 2. The Balaban J connectivity index is 1.27. The zero-order chi connectivity index (χ0) is 29.7. The van der Waals surface area contributed by atoms with Gasteiger partial charge in [-0.3, -0.25) is 14.9 Å². The van der Waals surface area contributed by atoms with Crippen molar-refractivity contribution in [1.29, 1.82) is 0 Å². The predicted octanol–water partition coefficient (Wildman–Crippen LogP) is 5.69. The van der Waals surface area contributed by atoms with Crippen LogP contribution in [-0.2, 0) is 35.5 Å². The first-order valence-electron chi connectivity index (χ1n) is 14.5. The molecule has 2 amide bonds. The minimum atomic E-state index is -0.452. The molecule has 2 N–H and O–H groups in total. The van der Waals surface area contributed by atoms with Crippen LogP contribution in [0.25, 0.3) is 0 Å². The zero-order valence-corrected chi connectivity index (χ0v) is 25.6. The summed E-state index contributed by atoms with van der Waals surface area (Å²) in [4.78, 5) is 38.0. The molecule has 1 aliphatic rings. The minimum Gasteiger partial charge on any atom is -0.444 e. The molecule has 0 bridgehead atoms. The maximum Gasteiger partial charge on any atom is 0.407 e. The van der Waals surface area contributed by atoms with Gasteiger partial charge in [0, 0.05) is 44.1 Å². The number of amides is 2. The molecule has 1 aliphatic carbocycles. The second-order valence-electron chi connectivity index (χ2n) is 10.8. The molecule has 1 fully saturated rings. The van der Waals surface area contributed by atoms with E-state index >= 15 is 0 Å². The molecular formula is C32H37N5O4S2. The highest BCUT2D eigenvalue weighted by Crippen LogP contribution is 2.30. The van der Waals surface area contributed by atoms with Crippen LogP contribution in [0.3, 0.4) is 0 Å². The van der Waals surface area contributed by atoms with E-state index in [4.69, 9.17) is 9.47 Å². The summed E-state index contributed by atoms with van der Waals surface area (Å²) in [7, 11) is 0. The molecule has 11 heteroatoms. The van der Waals surface area contributed by atoms with E-state index in [0.29, 0.717) is 31.8 Å². The predicted molar refractivity (Wildman–Crippen MR) is 168 cm³/mol. The van der Waals surface area contributed by atoms with Crippen molar-refractivity contribution in [3.8, 4) is 0 Å². The van der Waals surface area contributed by atoms with Crippen LogP contribution in [0.1, 0.15) is 33.7 Å². The molecule has 0 saturated heterocycles. The van der Waals surface area contributed by atoms with Crippen molar-refractivity contribution in [1.82, 2.24) is 25.5 Å². The average molecular weight is 620 g/mol. The molecule has 9 nitrogen and oxygen atoms in total. The molecule has 0 aliphatic heterocycles. The lowest BCUT2D eigenvalue weighted by atomic mass is 10.0. The van der Waals surface area contributed by atoms with Crippen molar-refractivity contribution in [3.05, 3.63) is 105 Å². The second kappa shape index (κ2) is 16.2. The van der Waals surface area contributed by atoms with Gasteiger partial charge < -0.3 is 20.1 Å². The van der Waals surface area contributed by atoms with Gasteiger partial charge in [-0.25, -0.2) is 9.59 Å². The van der Waals surface area contributed by atoms with Gasteiger partial charge in [0.05, 0.1) is 20.8 Å². The van der Waals surface area contributed by atoms with Gasteiger partial charge in [0.15, 0.2) is 0 Å². The van der Waals surface area contributed by atoms with Gasteiger partial charge in [-0.2, -0.15) is 0 Å². The number of rotatable bonds is 16. The molecule has 2 atom stereocenters. The Bertz CT molecular complexity index is 1270. The Morgan fingerprint density at radius 2 is 1.23 bits per heavy atom. The van der Waals surface area contributed by atoms with E-state index < -0.39 is 12.2 Å². The normalized spacial score (nSPS) is 14.2. The van der Waals surface area contributed by atoms with Crippen LogP contribution in [-0.4, -0.2) is 58.8 Å². The van der Waals surface area contributed by atoms with Gasteiger partial charge >= 0.3 is 12.2 Å². The van der Waals surface area contributed by atoms with Crippen LogP contribution in [0.4, 0.5) is 9.59 Å². The lowest BCUT2D eigenvalue weighted by molar-refractivity contribution is 0.126. The molecule has 1 saturated carbocycles. The van der Waals surface area contributed by atoms with Crippen molar-refractivity contribution in [2.75, 3.05) is 19.6 Å². The summed E-state index contributed by atoms with van der Waals surface area (Å²) in [5, 5.41) is 6.23. The number of hydrogen-bond acceptors (Lipinski definition) is 9. The number of benzene rings is 2. The van der Waals surface area contributed by atoms with Crippen molar-refractivity contribution in [3.63, 3.8) is 0 Å². The molecule has 2 aromatic carbocycles. The van der Waals surface area contributed by atoms with Crippen LogP contribution in [0.15, 0.2) is 84.1 Å². The van der Waals surface area contributed by atoms with E-state index in [2.05, 4.69) is 49.8 Å². The third kappa shape index (κ3) is 11.1. The topological polar surface area (TPSA) is 106 Å². The van der Waals surface area contributed by atoms with E-state index in [1.54, 1.807) is 23.4 Å². The van der Waals surface area contributed by atoms with Crippen molar-refractivity contribution >= 4 is 34.9 Å². The number of ether oxygens (including phenoxy) is 2. The molecule has 0 spiro atoms. The molecule has 226 valence electrons. The summed E-state index contributed by atoms with van der Waals surface area (Å²) in [5.41, 5.74) is 5.71. The number of nitrogens with zero attached hydrogens (tertiary/aromatic N) is 3. The summed E-state index contributed by atoms with van der Waals surface area (Å²) < 4.78 is 11.0. The molecule has 0 radical (unpaired) electrons. The molecule has 0 unspecified atom stereocenters. The van der Waals surface area contributed by atoms with Crippen molar-refractivity contribution in [2.45, 2.75) is 51.0 Å². The van der Waals surface area contributed by atoms with Crippen LogP contribution in [0.2, 0.25) is 0 Å². The maximum atomic E-state index is 12.9. The quantitative estimate of drug-likeness (QED) is 0.166. The van der Waals surface area contributed by atoms with Gasteiger partial charge in [0.1, 0.15) is 13.2 Å². The summed E-state index contributed by atoms with van der Waals surface area (Å²) in [6, 6.07) is 19.9. The molecule has 43 heavy (non-hydrogen) atoms. The number of nitrogens with one attached hydrogen (secondary N) is 2. The SMILES string of the molecule is O=C(N[C@H](Cc1ccccc1)CN(CC1CC1)C[C@@H](Cc1ccccc1)NC(=O)OCc1cncs1)OCc1cncs1. The monoisotopic (exact) mass is 619 g/mol. The zero-order valence-electron chi connectivity index (χ0n) is 24.0. The number of carbonyl (C=O) groups is 2. The lowest BCUT2D eigenvalue weighted by Gasteiger charge is -2.31. The Morgan fingerprint density at radius 3 is 1.63 bits per heavy atom. The molecule has 5 rings (SSSR count). The van der Waals surface area contributed by atoms with E-state index in [-0.39, 0.29) is 25.3 Å². The number of carbonyl (C=O) groups excluding carboxylic acids is 2. The standard InChI is InChI=1S/C32H37N5O4S2/c38-31(40-20-29-15-33-22-42-29)35-27(13-24-7-3-1-4-8-24)18-37(17-26-11-12-26)19-28(14-25-9-5-2-6-10-25)36-32(39)41-21-30-16-34-23-43-30/h1-10,15-16,22-23,26-28H,11-14,17-21H2,(H,35,38)(H,36,39)/t27-,28-/m1/s1. The van der Waals surface area contributed by atoms with Crippen molar-refractivity contribution < 1.29 is 19.1 Å². The van der Waals surface area contributed by atoms with Gasteiger partial charge in [0.25, 0.3) is 0 Å². The molecule has 2 aromatic heterocycles. The van der Waals surface area contributed by atoms with Gasteiger partial charge in [0.2, 0.25) is 0 Å². The van der Waals surface area contributed by atoms with Crippen LogP contribution in [0.5, 0.6) is 0 Å². The Kier molecular flexibility index (Phi) is 11.5. The smallest absolute Gasteiger partial charge is 0.407 e. The maximum absolute atomic E-state index is 12.9. The first kappa shape index (κ1) is 30.7. The fraction of sp³-hybridized carbons (Fsp3) is 0.375. The van der Waals surface area contributed by atoms with Gasteiger partial charge in [-0.15, -0.1) is 22.7 Å². The number of aromatic nitrogens is 2. The molecule has 4 aromatic rings. The average Bonchev–Trinajstić information content (AvgIpc) is 3.42. The Morgan fingerprint density at radius 1 is 0.767 bits per heavy atom. The minimum absolute atomic E-state index is 0.188. The van der Waals surface area contributed by atoms with Crippen molar-refractivity contribution in [2.24, 2.45) is 5.92 Å². The second-order valence-corrected chi connectivity index (χ2v) is 12.8. The first-order chi connectivity index (χ1) is 21.1. The van der Waals surface area contributed by atoms with Gasteiger partial charge in [-0.1, -0.05) is 60.7 Å². The highest BCUT2D eigenvalue weighted by Gasteiger charge is 2.29. The summed E-state index contributed by atoms with van der Waals surface area (Å²) in [6.07, 6.45) is 6.21.